The number of nitrogens with two attached hydrogens (primary N) is 2. The van der Waals surface area contributed by atoms with Crippen molar-refractivity contribution in [3.05, 3.63) is 29.7 Å². The van der Waals surface area contributed by atoms with Crippen molar-refractivity contribution < 1.29 is 4.74 Å². The summed E-state index contributed by atoms with van der Waals surface area (Å²) in [7, 11) is 1.68. The van der Waals surface area contributed by atoms with Gasteiger partial charge in [0.2, 0.25) is 5.95 Å². The van der Waals surface area contributed by atoms with Crippen LogP contribution in [0.5, 0.6) is 5.75 Å². The van der Waals surface area contributed by atoms with Gasteiger partial charge in [-0.25, -0.2) is 4.98 Å². The van der Waals surface area contributed by atoms with Gasteiger partial charge in [-0.3, -0.25) is 9.67 Å². The maximum atomic E-state index is 6.04. The first kappa shape index (κ1) is 19.4. The van der Waals surface area contributed by atoms with Gasteiger partial charge in [-0.05, 0) is 39.8 Å². The van der Waals surface area contributed by atoms with E-state index in [1.165, 1.54) is 0 Å². The number of piperidine rings is 1. The Hall–Kier alpha value is -2.94. The second kappa shape index (κ2) is 7.82. The van der Waals surface area contributed by atoms with Crippen LogP contribution in [0.4, 0.5) is 11.8 Å². The molecule has 1 saturated heterocycles. The Bertz CT molecular complexity index is 1010. The van der Waals surface area contributed by atoms with Crippen molar-refractivity contribution in [3.63, 3.8) is 0 Å². The van der Waals surface area contributed by atoms with E-state index in [0.29, 0.717) is 35.4 Å². The summed E-state index contributed by atoms with van der Waals surface area (Å²) in [4.78, 5) is 15.5. The highest BCUT2D eigenvalue weighted by Crippen LogP contribution is 2.31. The minimum atomic E-state index is 0.140. The Morgan fingerprint density at radius 2 is 1.93 bits per heavy atom. The fraction of sp³-hybridized carbons (Fsp3) is 0.500. The molecule has 9 nitrogen and oxygen atoms in total. The summed E-state index contributed by atoms with van der Waals surface area (Å²) >= 11 is 0. The van der Waals surface area contributed by atoms with Gasteiger partial charge in [-0.1, -0.05) is 0 Å². The highest BCUT2D eigenvalue weighted by atomic mass is 16.5. The lowest BCUT2D eigenvalue weighted by Gasteiger charge is -2.34. The molecule has 0 unspecified atom stereocenters. The predicted octanol–water partition coefficient (Wildman–Crippen LogP) is 2.03. The van der Waals surface area contributed by atoms with Gasteiger partial charge in [-0.2, -0.15) is 10.1 Å². The van der Waals surface area contributed by atoms with Crippen LogP contribution in [0.1, 0.15) is 43.9 Å². The molecule has 4 rings (SSSR count). The molecule has 29 heavy (non-hydrogen) atoms. The SMILES string of the molecule is COc1cc(C2CCN(C(C)C)CC2)ncc1Cn1ncc2nc(N)nc(N)c21. The Balaban J connectivity index is 1.57. The van der Waals surface area contributed by atoms with E-state index in [0.717, 1.165) is 42.9 Å². The molecule has 0 radical (unpaired) electrons. The summed E-state index contributed by atoms with van der Waals surface area (Å²) in [6, 6.07) is 2.66. The second-order valence-electron chi connectivity index (χ2n) is 7.83. The molecule has 0 aliphatic carbocycles. The fourth-order valence-electron chi connectivity index (χ4n) is 4.05. The zero-order valence-corrected chi connectivity index (χ0v) is 17.2. The number of aromatic nitrogens is 5. The quantitative estimate of drug-likeness (QED) is 0.672. The third kappa shape index (κ3) is 3.82. The highest BCUT2D eigenvalue weighted by molar-refractivity contribution is 5.85. The highest BCUT2D eigenvalue weighted by Gasteiger charge is 2.24. The summed E-state index contributed by atoms with van der Waals surface area (Å²) < 4.78 is 7.43. The molecule has 0 spiro atoms. The number of nitrogens with zero attached hydrogens (tertiary/aromatic N) is 6. The molecule has 1 fully saturated rings. The molecule has 3 aromatic heterocycles. The van der Waals surface area contributed by atoms with Crippen molar-refractivity contribution in [1.82, 2.24) is 29.6 Å². The lowest BCUT2D eigenvalue weighted by Crippen LogP contribution is -2.38. The van der Waals surface area contributed by atoms with Gasteiger partial charge in [0.15, 0.2) is 5.82 Å². The van der Waals surface area contributed by atoms with Crippen LogP contribution in [-0.4, -0.2) is 55.9 Å². The van der Waals surface area contributed by atoms with Crippen molar-refractivity contribution >= 4 is 22.8 Å². The number of pyridine rings is 1. The Kier molecular flexibility index (Phi) is 5.23. The molecule has 0 bridgehead atoms. The zero-order valence-electron chi connectivity index (χ0n) is 17.2. The van der Waals surface area contributed by atoms with Crippen molar-refractivity contribution in [1.29, 1.82) is 0 Å². The molecular weight excluding hydrogens is 368 g/mol. The molecule has 0 amide bonds. The molecule has 154 valence electrons. The molecule has 3 aromatic rings. The molecule has 1 aliphatic rings. The molecule has 4 N–H and O–H groups in total. The summed E-state index contributed by atoms with van der Waals surface area (Å²) in [6.45, 7) is 7.18. The van der Waals surface area contributed by atoms with Crippen LogP contribution in [-0.2, 0) is 6.54 Å². The largest absolute Gasteiger partial charge is 0.496 e. The number of methoxy groups -OCH3 is 1. The van der Waals surface area contributed by atoms with E-state index in [4.69, 9.17) is 21.2 Å². The van der Waals surface area contributed by atoms with Crippen LogP contribution in [0, 0.1) is 0 Å². The Morgan fingerprint density at radius 1 is 1.17 bits per heavy atom. The summed E-state index contributed by atoms with van der Waals surface area (Å²) in [5, 5.41) is 4.39. The van der Waals surface area contributed by atoms with E-state index in [2.05, 4.69) is 39.9 Å². The number of hydrogen-bond acceptors (Lipinski definition) is 8. The smallest absolute Gasteiger partial charge is 0.222 e. The minimum absolute atomic E-state index is 0.140. The molecule has 0 saturated carbocycles. The number of rotatable bonds is 5. The fourth-order valence-corrected chi connectivity index (χ4v) is 4.05. The van der Waals surface area contributed by atoms with Crippen LogP contribution in [0.25, 0.3) is 11.0 Å². The average molecular weight is 396 g/mol. The minimum Gasteiger partial charge on any atom is -0.496 e. The Morgan fingerprint density at radius 3 is 2.62 bits per heavy atom. The molecule has 4 heterocycles. The summed E-state index contributed by atoms with van der Waals surface area (Å²) in [5.74, 6) is 1.72. The van der Waals surface area contributed by atoms with Gasteiger partial charge in [-0.15, -0.1) is 0 Å². The number of nitrogen functional groups attached to an aromatic ring is 2. The van der Waals surface area contributed by atoms with Crippen LogP contribution in [0.3, 0.4) is 0 Å². The molecule has 9 heteroatoms. The van der Waals surface area contributed by atoms with Crippen molar-refractivity contribution in [2.75, 3.05) is 31.7 Å². The maximum absolute atomic E-state index is 6.04. The monoisotopic (exact) mass is 396 g/mol. The normalized spacial score (nSPS) is 16.0. The standard InChI is InChI=1S/C20H28N8O/c1-12(2)27-6-4-13(5-7-27)15-8-17(29-3)14(9-23-15)11-28-18-16(10-24-28)25-20(22)26-19(18)21/h8-10,12-13H,4-7,11H2,1-3H3,(H4,21,22,25,26). The number of anilines is 2. The predicted molar refractivity (Wildman–Crippen MR) is 113 cm³/mol. The van der Waals surface area contributed by atoms with E-state index < -0.39 is 0 Å². The van der Waals surface area contributed by atoms with Gasteiger partial charge < -0.3 is 21.1 Å². The van der Waals surface area contributed by atoms with Crippen molar-refractivity contribution in [3.8, 4) is 5.75 Å². The Labute approximate surface area is 170 Å². The van der Waals surface area contributed by atoms with Gasteiger partial charge >= 0.3 is 0 Å². The van der Waals surface area contributed by atoms with Gasteiger partial charge in [0, 0.05) is 35.5 Å². The summed E-state index contributed by atoms with van der Waals surface area (Å²) in [5.41, 5.74) is 15.0. The molecule has 0 aromatic carbocycles. The summed E-state index contributed by atoms with van der Waals surface area (Å²) in [6.07, 6.45) is 5.75. The van der Waals surface area contributed by atoms with Crippen molar-refractivity contribution in [2.24, 2.45) is 0 Å². The molecule has 0 atom stereocenters. The van der Waals surface area contributed by atoms with E-state index in [1.807, 2.05) is 6.20 Å². The number of fused-ring (bicyclic) bond motifs is 1. The third-order valence-electron chi connectivity index (χ3n) is 5.72. The van der Waals surface area contributed by atoms with E-state index in [9.17, 15) is 0 Å². The van der Waals surface area contributed by atoms with Crippen LogP contribution >= 0.6 is 0 Å². The number of hydrogen-bond donors (Lipinski definition) is 2. The molecule has 1 aliphatic heterocycles. The topological polar surface area (TPSA) is 121 Å². The van der Waals surface area contributed by atoms with Crippen molar-refractivity contribution in [2.45, 2.75) is 45.2 Å². The van der Waals surface area contributed by atoms with Gasteiger partial charge in [0.1, 0.15) is 16.8 Å². The van der Waals surface area contributed by atoms with E-state index in [-0.39, 0.29) is 5.95 Å². The zero-order chi connectivity index (χ0) is 20.5. The first-order chi connectivity index (χ1) is 14.0. The third-order valence-corrected chi connectivity index (χ3v) is 5.72. The first-order valence-corrected chi connectivity index (χ1v) is 9.97. The van der Waals surface area contributed by atoms with Crippen LogP contribution in [0.15, 0.2) is 18.5 Å². The molecular formula is C20H28N8O. The van der Waals surface area contributed by atoms with Crippen LogP contribution < -0.4 is 16.2 Å². The lowest BCUT2D eigenvalue weighted by atomic mass is 9.92. The maximum Gasteiger partial charge on any atom is 0.222 e. The lowest BCUT2D eigenvalue weighted by molar-refractivity contribution is 0.170. The first-order valence-electron chi connectivity index (χ1n) is 9.97. The number of likely N-dealkylation sites (tertiary alicyclic amines) is 1. The van der Waals surface area contributed by atoms with E-state index >= 15 is 0 Å². The van der Waals surface area contributed by atoms with Gasteiger partial charge in [0.25, 0.3) is 0 Å². The average Bonchev–Trinajstić information content (AvgIpc) is 3.11. The number of ether oxygens (including phenoxy) is 1. The van der Waals surface area contributed by atoms with Gasteiger partial charge in [0.05, 0.1) is 19.9 Å². The van der Waals surface area contributed by atoms with E-state index in [1.54, 1.807) is 18.0 Å². The van der Waals surface area contributed by atoms with Crippen LogP contribution in [0.2, 0.25) is 0 Å². The second-order valence-corrected chi connectivity index (χ2v) is 7.83.